The molecule has 1 aliphatic heterocycles. The molecule has 2 aromatic carbocycles. The molecule has 182 valence electrons. The van der Waals surface area contributed by atoms with Crippen molar-refractivity contribution in [2.45, 2.75) is 25.4 Å². The molecule has 1 aliphatic rings. The molecule has 0 saturated carbocycles. The maximum atomic E-state index is 13.1. The van der Waals surface area contributed by atoms with Crippen LogP contribution in [0.1, 0.15) is 28.1 Å². The van der Waals surface area contributed by atoms with Gasteiger partial charge in [0.2, 0.25) is 0 Å². The van der Waals surface area contributed by atoms with E-state index in [9.17, 15) is 9.90 Å². The highest BCUT2D eigenvalue weighted by Crippen LogP contribution is 2.31. The van der Waals surface area contributed by atoms with Gasteiger partial charge in [-0.15, -0.1) is 11.3 Å². The summed E-state index contributed by atoms with van der Waals surface area (Å²) in [7, 11) is 0. The number of likely N-dealkylation sites (tertiary alicyclic amines) is 1. The number of rotatable bonds is 6. The molecule has 3 aromatic heterocycles. The fourth-order valence-electron chi connectivity index (χ4n) is 4.62. The largest absolute Gasteiger partial charge is 0.508 e. The SMILES string of the molecule is O=C(NC1CCN(Cc2cccc(O)c2)CC1)c1cc2c(Nc3ccc4cn[nH]c4c3)ncnc2s1. The molecule has 0 bridgehead atoms. The van der Waals surface area contributed by atoms with E-state index in [0.29, 0.717) is 16.4 Å². The lowest BCUT2D eigenvalue weighted by Gasteiger charge is -2.32. The van der Waals surface area contributed by atoms with Crippen molar-refractivity contribution in [1.82, 2.24) is 30.4 Å². The van der Waals surface area contributed by atoms with Crippen LogP contribution in [-0.4, -0.2) is 55.2 Å². The number of nitrogens with one attached hydrogen (secondary N) is 3. The molecule has 1 fully saturated rings. The van der Waals surface area contributed by atoms with Crippen molar-refractivity contribution in [1.29, 1.82) is 0 Å². The Bertz CT molecular complexity index is 1540. The zero-order valence-electron chi connectivity index (χ0n) is 19.4. The van der Waals surface area contributed by atoms with E-state index in [1.54, 1.807) is 18.3 Å². The van der Waals surface area contributed by atoms with Gasteiger partial charge in [-0.05, 0) is 54.8 Å². The molecular weight excluding hydrogens is 474 g/mol. The lowest BCUT2D eigenvalue weighted by molar-refractivity contribution is 0.0913. The van der Waals surface area contributed by atoms with Gasteiger partial charge < -0.3 is 15.7 Å². The number of H-pyrrole nitrogens is 1. The number of amides is 1. The molecule has 0 unspecified atom stereocenters. The third-order valence-corrected chi connectivity index (χ3v) is 7.54. The van der Waals surface area contributed by atoms with E-state index < -0.39 is 0 Å². The molecule has 0 aliphatic carbocycles. The van der Waals surface area contributed by atoms with Crippen molar-refractivity contribution >= 4 is 49.9 Å². The maximum absolute atomic E-state index is 13.1. The maximum Gasteiger partial charge on any atom is 0.261 e. The Balaban J connectivity index is 1.10. The summed E-state index contributed by atoms with van der Waals surface area (Å²) in [5.41, 5.74) is 2.91. The van der Waals surface area contributed by atoms with Crippen molar-refractivity contribution in [2.24, 2.45) is 0 Å². The van der Waals surface area contributed by atoms with Crippen LogP contribution in [0.2, 0.25) is 0 Å². The number of aromatic nitrogens is 4. The quantitative estimate of drug-likeness (QED) is 0.273. The van der Waals surface area contributed by atoms with Crippen LogP contribution in [0.15, 0.2) is 61.1 Å². The third kappa shape index (κ3) is 4.73. The summed E-state index contributed by atoms with van der Waals surface area (Å²) in [5.74, 6) is 0.878. The average Bonchev–Trinajstić information content (AvgIpc) is 3.53. The van der Waals surface area contributed by atoms with Crippen molar-refractivity contribution < 1.29 is 9.90 Å². The Morgan fingerprint density at radius 2 is 2.03 bits per heavy atom. The van der Waals surface area contributed by atoms with Crippen LogP contribution in [-0.2, 0) is 6.54 Å². The van der Waals surface area contributed by atoms with Gasteiger partial charge in [-0.25, -0.2) is 9.97 Å². The van der Waals surface area contributed by atoms with Crippen LogP contribution >= 0.6 is 11.3 Å². The smallest absolute Gasteiger partial charge is 0.261 e. The van der Waals surface area contributed by atoms with Gasteiger partial charge in [0, 0.05) is 36.7 Å². The molecule has 0 radical (unpaired) electrons. The zero-order chi connectivity index (χ0) is 24.5. The van der Waals surface area contributed by atoms with Crippen molar-refractivity contribution in [3.63, 3.8) is 0 Å². The first-order valence-electron chi connectivity index (χ1n) is 11.9. The number of phenolic OH excluding ortho intramolecular Hbond substituents is 1. The topological polar surface area (TPSA) is 119 Å². The molecule has 4 heterocycles. The van der Waals surface area contributed by atoms with Gasteiger partial charge in [-0.1, -0.05) is 12.1 Å². The predicted molar refractivity (Wildman–Crippen MR) is 141 cm³/mol. The second-order valence-electron chi connectivity index (χ2n) is 9.04. The number of nitrogens with zero attached hydrogens (tertiary/aromatic N) is 4. The number of aromatic amines is 1. The van der Waals surface area contributed by atoms with Gasteiger partial charge in [-0.3, -0.25) is 14.8 Å². The number of benzene rings is 2. The van der Waals surface area contributed by atoms with Gasteiger partial charge in [0.25, 0.3) is 5.91 Å². The Hall–Kier alpha value is -4.02. The van der Waals surface area contributed by atoms with Crippen LogP contribution < -0.4 is 10.6 Å². The molecule has 1 saturated heterocycles. The van der Waals surface area contributed by atoms with Gasteiger partial charge in [0.05, 0.1) is 22.0 Å². The van der Waals surface area contributed by atoms with E-state index in [1.165, 1.54) is 17.7 Å². The van der Waals surface area contributed by atoms with E-state index in [0.717, 1.165) is 64.8 Å². The van der Waals surface area contributed by atoms with Crippen molar-refractivity contribution in [3.8, 4) is 5.75 Å². The molecule has 4 N–H and O–H groups in total. The number of phenols is 1. The lowest BCUT2D eigenvalue weighted by atomic mass is 10.0. The first-order chi connectivity index (χ1) is 17.6. The number of piperidine rings is 1. The summed E-state index contributed by atoms with van der Waals surface area (Å²) in [4.78, 5) is 25.6. The Kier molecular flexibility index (Phi) is 5.96. The van der Waals surface area contributed by atoms with Crippen LogP contribution in [0.3, 0.4) is 0 Å². The summed E-state index contributed by atoms with van der Waals surface area (Å²) in [6, 6.07) is 15.3. The molecule has 36 heavy (non-hydrogen) atoms. The summed E-state index contributed by atoms with van der Waals surface area (Å²) in [5, 5.41) is 25.1. The van der Waals surface area contributed by atoms with E-state index in [-0.39, 0.29) is 11.9 Å². The normalized spacial score (nSPS) is 14.9. The minimum Gasteiger partial charge on any atom is -0.508 e. The van der Waals surface area contributed by atoms with E-state index >= 15 is 0 Å². The van der Waals surface area contributed by atoms with Crippen LogP contribution in [0.25, 0.3) is 21.1 Å². The highest BCUT2D eigenvalue weighted by atomic mass is 32.1. The number of hydrogen-bond acceptors (Lipinski definition) is 8. The van der Waals surface area contributed by atoms with Crippen LogP contribution in [0.5, 0.6) is 5.75 Å². The monoisotopic (exact) mass is 499 g/mol. The number of thiophene rings is 1. The molecular formula is C26H25N7O2S. The fraction of sp³-hybridized carbons (Fsp3) is 0.231. The van der Waals surface area contributed by atoms with E-state index in [4.69, 9.17) is 0 Å². The summed E-state index contributed by atoms with van der Waals surface area (Å²) < 4.78 is 0. The summed E-state index contributed by atoms with van der Waals surface area (Å²) in [6.45, 7) is 2.59. The summed E-state index contributed by atoms with van der Waals surface area (Å²) >= 11 is 1.37. The third-order valence-electron chi connectivity index (χ3n) is 6.50. The van der Waals surface area contributed by atoms with Gasteiger partial charge in [0.15, 0.2) is 0 Å². The number of carbonyl (C=O) groups excluding carboxylic acids is 1. The Labute approximate surface area is 211 Å². The average molecular weight is 500 g/mol. The molecule has 6 rings (SSSR count). The highest BCUT2D eigenvalue weighted by molar-refractivity contribution is 7.20. The Morgan fingerprint density at radius 1 is 1.14 bits per heavy atom. The van der Waals surface area contributed by atoms with Gasteiger partial charge >= 0.3 is 0 Å². The molecule has 1 amide bonds. The first-order valence-corrected chi connectivity index (χ1v) is 12.7. The van der Waals surface area contributed by atoms with E-state index in [1.807, 2.05) is 36.4 Å². The predicted octanol–water partition coefficient (Wildman–Crippen LogP) is 4.41. The number of fused-ring (bicyclic) bond motifs is 2. The zero-order valence-corrected chi connectivity index (χ0v) is 20.3. The number of anilines is 2. The van der Waals surface area contributed by atoms with E-state index in [2.05, 4.69) is 35.7 Å². The first kappa shape index (κ1) is 22.4. The minimum absolute atomic E-state index is 0.0748. The number of hydrogen-bond donors (Lipinski definition) is 4. The van der Waals surface area contributed by atoms with Crippen molar-refractivity contribution in [3.05, 3.63) is 71.5 Å². The number of aromatic hydroxyl groups is 1. The fourth-order valence-corrected chi connectivity index (χ4v) is 5.53. The Morgan fingerprint density at radius 3 is 2.89 bits per heavy atom. The minimum atomic E-state index is -0.0748. The lowest BCUT2D eigenvalue weighted by Crippen LogP contribution is -2.44. The molecule has 5 aromatic rings. The molecule has 10 heteroatoms. The second-order valence-corrected chi connectivity index (χ2v) is 10.1. The van der Waals surface area contributed by atoms with Gasteiger partial charge in [-0.2, -0.15) is 5.10 Å². The molecule has 0 spiro atoms. The molecule has 0 atom stereocenters. The molecule has 9 nitrogen and oxygen atoms in total. The van der Waals surface area contributed by atoms with Crippen molar-refractivity contribution in [2.75, 3.05) is 18.4 Å². The van der Waals surface area contributed by atoms with Crippen LogP contribution in [0.4, 0.5) is 11.5 Å². The number of carbonyl (C=O) groups is 1. The standard InChI is InChI=1S/C26H25N7O2S/c34-20-3-1-2-16(10-20)14-33-8-6-18(7-9-33)31-25(35)23-12-21-24(27-15-28-26(21)36-23)30-19-5-4-17-13-29-32-22(17)11-19/h1-5,10-13,15,18,34H,6-9,14H2,(H,29,32)(H,31,35)(H,27,28,30). The second kappa shape index (κ2) is 9.56. The van der Waals surface area contributed by atoms with Gasteiger partial charge in [0.1, 0.15) is 22.7 Å². The highest BCUT2D eigenvalue weighted by Gasteiger charge is 2.23. The summed E-state index contributed by atoms with van der Waals surface area (Å²) in [6.07, 6.45) is 5.07. The van der Waals surface area contributed by atoms with Crippen LogP contribution in [0, 0.1) is 0 Å².